The van der Waals surface area contributed by atoms with Gasteiger partial charge in [0.15, 0.2) is 0 Å². The number of carbonyl (C=O) groups is 1. The second-order valence-corrected chi connectivity index (χ2v) is 6.70. The van der Waals surface area contributed by atoms with Crippen molar-refractivity contribution in [3.05, 3.63) is 30.1 Å². The standard InChI is InChI=1S/C18H26N4O2/c1-12(17-20-14-7-5-6-8-15(14)22(17)4)19-11-13-9-10-16(24-13)18(23)21(2)3/h5-8,12-13,16,19H,9-11H2,1-4H3/t12-,13-,16+/m0/s1. The Kier molecular flexibility index (Phi) is 4.87. The number of nitrogens with zero attached hydrogens (tertiary/aromatic N) is 3. The van der Waals surface area contributed by atoms with Crippen LogP contribution in [0.1, 0.15) is 31.6 Å². The molecular weight excluding hydrogens is 304 g/mol. The highest BCUT2D eigenvalue weighted by molar-refractivity contribution is 5.80. The molecule has 0 spiro atoms. The third kappa shape index (κ3) is 3.30. The monoisotopic (exact) mass is 330 g/mol. The van der Waals surface area contributed by atoms with Crippen molar-refractivity contribution in [2.75, 3.05) is 20.6 Å². The topological polar surface area (TPSA) is 59.4 Å². The van der Waals surface area contributed by atoms with E-state index in [9.17, 15) is 4.79 Å². The van der Waals surface area contributed by atoms with Gasteiger partial charge in [0.2, 0.25) is 0 Å². The highest BCUT2D eigenvalue weighted by Gasteiger charge is 2.31. The fourth-order valence-corrected chi connectivity index (χ4v) is 3.28. The zero-order chi connectivity index (χ0) is 17.3. The molecule has 0 saturated carbocycles. The van der Waals surface area contributed by atoms with Gasteiger partial charge in [0.1, 0.15) is 11.9 Å². The molecule has 6 heteroatoms. The first-order chi connectivity index (χ1) is 11.5. The van der Waals surface area contributed by atoms with Crippen LogP contribution in [0.25, 0.3) is 11.0 Å². The van der Waals surface area contributed by atoms with E-state index in [-0.39, 0.29) is 24.2 Å². The van der Waals surface area contributed by atoms with Crippen LogP contribution in [0.3, 0.4) is 0 Å². The lowest BCUT2D eigenvalue weighted by molar-refractivity contribution is -0.140. The summed E-state index contributed by atoms with van der Waals surface area (Å²) in [4.78, 5) is 18.3. The van der Waals surface area contributed by atoms with Crippen LogP contribution in [-0.4, -0.2) is 53.2 Å². The van der Waals surface area contributed by atoms with E-state index in [1.807, 2.05) is 25.2 Å². The number of imidazole rings is 1. The molecule has 1 saturated heterocycles. The molecule has 1 aromatic carbocycles. The molecule has 0 unspecified atom stereocenters. The first-order valence-electron chi connectivity index (χ1n) is 8.48. The first kappa shape index (κ1) is 16.9. The maximum absolute atomic E-state index is 12.0. The van der Waals surface area contributed by atoms with Crippen LogP contribution in [0.5, 0.6) is 0 Å². The van der Waals surface area contributed by atoms with E-state index in [2.05, 4.69) is 22.9 Å². The van der Waals surface area contributed by atoms with Crippen molar-refractivity contribution in [1.82, 2.24) is 19.8 Å². The summed E-state index contributed by atoms with van der Waals surface area (Å²) < 4.78 is 8.00. The van der Waals surface area contributed by atoms with E-state index < -0.39 is 0 Å². The molecule has 0 radical (unpaired) electrons. The third-order valence-electron chi connectivity index (χ3n) is 4.68. The van der Waals surface area contributed by atoms with Crippen molar-refractivity contribution < 1.29 is 9.53 Å². The molecule has 0 aliphatic carbocycles. The van der Waals surface area contributed by atoms with Gasteiger partial charge in [0.05, 0.1) is 23.2 Å². The van der Waals surface area contributed by atoms with Crippen molar-refractivity contribution >= 4 is 16.9 Å². The van der Waals surface area contributed by atoms with E-state index in [1.54, 1.807) is 19.0 Å². The summed E-state index contributed by atoms with van der Waals surface area (Å²) in [5.74, 6) is 1.07. The minimum atomic E-state index is -0.294. The highest BCUT2D eigenvalue weighted by Crippen LogP contribution is 2.22. The zero-order valence-corrected chi connectivity index (χ0v) is 14.8. The number of fused-ring (bicyclic) bond motifs is 1. The normalized spacial score (nSPS) is 22.0. The number of hydrogen-bond donors (Lipinski definition) is 1. The minimum absolute atomic E-state index is 0.0564. The number of aromatic nitrogens is 2. The molecule has 0 bridgehead atoms. The van der Waals surface area contributed by atoms with Gasteiger partial charge in [0, 0.05) is 27.7 Å². The van der Waals surface area contributed by atoms with Gasteiger partial charge in [-0.05, 0) is 31.9 Å². The second-order valence-electron chi connectivity index (χ2n) is 6.70. The number of ether oxygens (including phenoxy) is 1. The number of benzene rings is 1. The van der Waals surface area contributed by atoms with Crippen LogP contribution in [0, 0.1) is 0 Å². The minimum Gasteiger partial charge on any atom is -0.364 e. The predicted molar refractivity (Wildman–Crippen MR) is 93.7 cm³/mol. The SMILES string of the molecule is C[C@H](NC[C@@H]1CC[C@H](C(=O)N(C)C)O1)c1nc2ccccc2n1C. The smallest absolute Gasteiger partial charge is 0.251 e. The molecule has 2 aromatic rings. The lowest BCUT2D eigenvalue weighted by atomic mass is 10.1. The van der Waals surface area contributed by atoms with E-state index in [1.165, 1.54) is 0 Å². The number of amides is 1. The molecule has 24 heavy (non-hydrogen) atoms. The predicted octanol–water partition coefficient (Wildman–Crippen LogP) is 1.86. The molecule has 3 rings (SSSR count). The summed E-state index contributed by atoms with van der Waals surface area (Å²) in [6, 6.07) is 8.26. The van der Waals surface area contributed by atoms with Crippen LogP contribution in [0.2, 0.25) is 0 Å². The van der Waals surface area contributed by atoms with Gasteiger partial charge in [-0.3, -0.25) is 4.79 Å². The van der Waals surface area contributed by atoms with Crippen molar-refractivity contribution in [2.45, 2.75) is 38.0 Å². The summed E-state index contributed by atoms with van der Waals surface area (Å²) in [7, 11) is 5.58. The quantitative estimate of drug-likeness (QED) is 0.909. The molecule has 1 aliphatic heterocycles. The number of nitrogens with one attached hydrogen (secondary N) is 1. The molecule has 1 amide bonds. The Morgan fingerprint density at radius 2 is 2.17 bits per heavy atom. The largest absolute Gasteiger partial charge is 0.364 e. The Morgan fingerprint density at radius 3 is 2.88 bits per heavy atom. The number of rotatable bonds is 5. The van der Waals surface area contributed by atoms with Crippen LogP contribution in [-0.2, 0) is 16.6 Å². The van der Waals surface area contributed by atoms with E-state index >= 15 is 0 Å². The van der Waals surface area contributed by atoms with E-state index in [0.29, 0.717) is 0 Å². The van der Waals surface area contributed by atoms with Crippen LogP contribution in [0.15, 0.2) is 24.3 Å². The number of para-hydroxylation sites is 2. The zero-order valence-electron chi connectivity index (χ0n) is 14.8. The van der Waals surface area contributed by atoms with E-state index in [4.69, 9.17) is 9.72 Å². The Morgan fingerprint density at radius 1 is 1.42 bits per heavy atom. The van der Waals surface area contributed by atoms with Crippen molar-refractivity contribution in [3.8, 4) is 0 Å². The third-order valence-corrected chi connectivity index (χ3v) is 4.68. The molecule has 130 valence electrons. The number of likely N-dealkylation sites (N-methyl/N-ethyl adjacent to an activating group) is 1. The van der Waals surface area contributed by atoms with Crippen LogP contribution in [0.4, 0.5) is 0 Å². The molecule has 6 nitrogen and oxygen atoms in total. The fourth-order valence-electron chi connectivity index (χ4n) is 3.28. The lowest BCUT2D eigenvalue weighted by Gasteiger charge is -2.19. The van der Waals surface area contributed by atoms with E-state index in [0.717, 1.165) is 36.2 Å². The van der Waals surface area contributed by atoms with Gasteiger partial charge >= 0.3 is 0 Å². The maximum Gasteiger partial charge on any atom is 0.251 e. The second kappa shape index (κ2) is 6.91. The van der Waals surface area contributed by atoms with Gasteiger partial charge in [-0.25, -0.2) is 4.98 Å². The highest BCUT2D eigenvalue weighted by atomic mass is 16.5. The Bertz CT molecular complexity index is 725. The van der Waals surface area contributed by atoms with Crippen LogP contribution >= 0.6 is 0 Å². The summed E-state index contributed by atoms with van der Waals surface area (Å²) in [5, 5.41) is 3.50. The molecule has 1 aromatic heterocycles. The maximum atomic E-state index is 12.0. The number of aryl methyl sites for hydroxylation is 1. The lowest BCUT2D eigenvalue weighted by Crippen LogP contribution is -2.35. The van der Waals surface area contributed by atoms with Gasteiger partial charge in [0.25, 0.3) is 5.91 Å². The average Bonchev–Trinajstić information content (AvgIpc) is 3.17. The van der Waals surface area contributed by atoms with Crippen LogP contribution < -0.4 is 5.32 Å². The van der Waals surface area contributed by atoms with Crippen molar-refractivity contribution in [3.63, 3.8) is 0 Å². The summed E-state index contributed by atoms with van der Waals surface area (Å²) in [6.45, 7) is 2.83. The Balaban J connectivity index is 1.59. The van der Waals surface area contributed by atoms with Gasteiger partial charge in [-0.1, -0.05) is 12.1 Å². The molecule has 3 atom stereocenters. The Hall–Kier alpha value is -1.92. The van der Waals surface area contributed by atoms with Gasteiger partial charge < -0.3 is 19.5 Å². The van der Waals surface area contributed by atoms with Gasteiger partial charge in [-0.2, -0.15) is 0 Å². The number of hydrogen-bond acceptors (Lipinski definition) is 4. The summed E-state index contributed by atoms with van der Waals surface area (Å²) >= 11 is 0. The van der Waals surface area contributed by atoms with Crippen molar-refractivity contribution in [1.29, 1.82) is 0 Å². The summed E-state index contributed by atoms with van der Waals surface area (Å²) in [5.41, 5.74) is 2.15. The first-order valence-corrected chi connectivity index (χ1v) is 8.48. The average molecular weight is 330 g/mol. The molecule has 1 fully saturated rings. The number of carbonyl (C=O) groups excluding carboxylic acids is 1. The van der Waals surface area contributed by atoms with Crippen molar-refractivity contribution in [2.24, 2.45) is 7.05 Å². The Labute approximate surface area is 142 Å². The fraction of sp³-hybridized carbons (Fsp3) is 0.556. The summed E-state index contributed by atoms with van der Waals surface area (Å²) in [6.07, 6.45) is 1.49. The molecule has 1 aliphatic rings. The molecular formula is C18H26N4O2. The molecule has 2 heterocycles. The molecule has 1 N–H and O–H groups in total. The van der Waals surface area contributed by atoms with Gasteiger partial charge in [-0.15, -0.1) is 0 Å².